The minimum absolute atomic E-state index is 0.0917. The van der Waals surface area contributed by atoms with E-state index in [4.69, 9.17) is 9.72 Å². The van der Waals surface area contributed by atoms with E-state index >= 15 is 0 Å². The van der Waals surface area contributed by atoms with Gasteiger partial charge in [-0.05, 0) is 48.7 Å². The van der Waals surface area contributed by atoms with E-state index in [1.807, 2.05) is 42.3 Å². The zero-order chi connectivity index (χ0) is 21.3. The van der Waals surface area contributed by atoms with Crippen molar-refractivity contribution >= 4 is 27.5 Å². The molecule has 0 radical (unpaired) electrons. The number of nitrogens with zero attached hydrogens (tertiary/aromatic N) is 3. The lowest BCUT2D eigenvalue weighted by Crippen LogP contribution is -2.44. The molecule has 1 saturated heterocycles. The van der Waals surface area contributed by atoms with Crippen molar-refractivity contribution in [2.24, 2.45) is 0 Å². The number of ether oxygens (including phenoxy) is 1. The van der Waals surface area contributed by atoms with Crippen LogP contribution in [0.5, 0.6) is 5.75 Å². The fourth-order valence-corrected chi connectivity index (χ4v) is 4.89. The summed E-state index contributed by atoms with van der Waals surface area (Å²) in [6.07, 6.45) is 1.87. The third-order valence-electron chi connectivity index (χ3n) is 5.78. The molecule has 30 heavy (non-hydrogen) atoms. The Morgan fingerprint density at radius 1 is 1.30 bits per heavy atom. The van der Waals surface area contributed by atoms with E-state index in [-0.39, 0.29) is 17.5 Å². The first-order valence-electron chi connectivity index (χ1n) is 10.1. The molecule has 1 aliphatic heterocycles. The number of methoxy groups -OCH3 is 1. The van der Waals surface area contributed by atoms with Crippen LogP contribution in [0.25, 0.3) is 20.7 Å². The van der Waals surface area contributed by atoms with Crippen molar-refractivity contribution < 1.29 is 9.53 Å². The van der Waals surface area contributed by atoms with Gasteiger partial charge in [-0.25, -0.2) is 4.98 Å². The van der Waals surface area contributed by atoms with Crippen molar-refractivity contribution in [2.45, 2.75) is 32.4 Å². The number of piperidine rings is 1. The summed E-state index contributed by atoms with van der Waals surface area (Å²) >= 11 is 1.45. The highest BCUT2D eigenvalue weighted by Crippen LogP contribution is 2.32. The first-order valence-corrected chi connectivity index (χ1v) is 10.9. The molecular formula is C22H26N4O3S. The summed E-state index contributed by atoms with van der Waals surface area (Å²) in [7, 11) is 3.51. The lowest BCUT2D eigenvalue weighted by atomic mass is 10.0. The molecule has 0 aliphatic carbocycles. The van der Waals surface area contributed by atoms with Gasteiger partial charge in [0.25, 0.3) is 5.56 Å². The number of carbonyl (C=O) groups excluding carboxylic acids is 1. The number of rotatable bonds is 5. The van der Waals surface area contributed by atoms with Crippen molar-refractivity contribution in [2.75, 3.05) is 27.2 Å². The molecule has 3 heterocycles. The van der Waals surface area contributed by atoms with E-state index in [0.29, 0.717) is 17.1 Å². The maximum atomic E-state index is 12.6. The summed E-state index contributed by atoms with van der Waals surface area (Å²) in [4.78, 5) is 37.0. The van der Waals surface area contributed by atoms with Gasteiger partial charge in [0.2, 0.25) is 5.91 Å². The molecule has 4 rings (SSSR count). The molecule has 0 bridgehead atoms. The van der Waals surface area contributed by atoms with Gasteiger partial charge in [0.05, 0.1) is 19.2 Å². The summed E-state index contributed by atoms with van der Waals surface area (Å²) in [5, 5.41) is 0. The Kier molecular flexibility index (Phi) is 5.87. The Hall–Kier alpha value is -2.71. The third kappa shape index (κ3) is 4.24. The molecule has 1 fully saturated rings. The van der Waals surface area contributed by atoms with Crippen LogP contribution in [0, 0.1) is 0 Å². The van der Waals surface area contributed by atoms with Crippen molar-refractivity contribution in [1.29, 1.82) is 0 Å². The van der Waals surface area contributed by atoms with Crippen LogP contribution in [0.3, 0.4) is 0 Å². The minimum Gasteiger partial charge on any atom is -0.497 e. The molecule has 0 spiro atoms. The molecule has 7 nitrogen and oxygen atoms in total. The van der Waals surface area contributed by atoms with Crippen LogP contribution in [-0.2, 0) is 11.3 Å². The van der Waals surface area contributed by atoms with Gasteiger partial charge in [0.1, 0.15) is 16.3 Å². The zero-order valence-corrected chi connectivity index (χ0v) is 18.3. The quantitative estimate of drug-likeness (QED) is 0.678. The second-order valence-electron chi connectivity index (χ2n) is 7.70. The SMILES string of the molecule is COc1ccc(-c2cc3nc(CN4CCC(N(C)C(C)=O)CC4)[nH]c(=O)c3s2)cc1. The molecule has 8 heteroatoms. The van der Waals surface area contributed by atoms with E-state index in [9.17, 15) is 9.59 Å². The third-order valence-corrected chi connectivity index (χ3v) is 6.95. The number of fused-ring (bicyclic) bond motifs is 1. The molecule has 0 saturated carbocycles. The lowest BCUT2D eigenvalue weighted by molar-refractivity contribution is -0.130. The number of hydrogen-bond acceptors (Lipinski definition) is 6. The van der Waals surface area contributed by atoms with Crippen LogP contribution in [0.2, 0.25) is 0 Å². The second-order valence-corrected chi connectivity index (χ2v) is 8.76. The Morgan fingerprint density at radius 3 is 2.63 bits per heavy atom. The predicted molar refractivity (Wildman–Crippen MR) is 119 cm³/mol. The van der Waals surface area contributed by atoms with Crippen molar-refractivity contribution in [3.05, 3.63) is 46.5 Å². The van der Waals surface area contributed by atoms with Gasteiger partial charge in [-0.2, -0.15) is 0 Å². The van der Waals surface area contributed by atoms with Gasteiger partial charge in [-0.15, -0.1) is 11.3 Å². The second kappa shape index (κ2) is 8.57. The van der Waals surface area contributed by atoms with Crippen LogP contribution < -0.4 is 10.3 Å². The Bertz CT molecular complexity index is 1100. The highest BCUT2D eigenvalue weighted by atomic mass is 32.1. The van der Waals surface area contributed by atoms with E-state index in [0.717, 1.165) is 47.6 Å². The zero-order valence-electron chi connectivity index (χ0n) is 17.5. The average Bonchev–Trinajstić information content (AvgIpc) is 3.18. The largest absolute Gasteiger partial charge is 0.497 e. The summed E-state index contributed by atoms with van der Waals surface area (Å²) < 4.78 is 5.86. The number of benzene rings is 1. The number of aromatic nitrogens is 2. The van der Waals surface area contributed by atoms with Crippen molar-refractivity contribution in [3.8, 4) is 16.2 Å². The van der Waals surface area contributed by atoms with E-state index < -0.39 is 0 Å². The van der Waals surface area contributed by atoms with E-state index in [2.05, 4.69) is 9.88 Å². The summed E-state index contributed by atoms with van der Waals surface area (Å²) in [5.74, 6) is 1.59. The predicted octanol–water partition coefficient (Wildman–Crippen LogP) is 3.10. The van der Waals surface area contributed by atoms with Crippen LogP contribution in [0.4, 0.5) is 0 Å². The minimum atomic E-state index is -0.0917. The molecule has 158 valence electrons. The molecule has 3 aromatic rings. The number of nitrogens with one attached hydrogen (secondary N) is 1. The fourth-order valence-electron chi connectivity index (χ4n) is 3.89. The van der Waals surface area contributed by atoms with E-state index in [1.165, 1.54) is 11.3 Å². The molecular weight excluding hydrogens is 400 g/mol. The topological polar surface area (TPSA) is 78.5 Å². The number of carbonyl (C=O) groups is 1. The first-order chi connectivity index (χ1) is 14.4. The molecule has 1 aromatic carbocycles. The summed E-state index contributed by atoms with van der Waals surface area (Å²) in [6, 6.07) is 10.1. The van der Waals surface area contributed by atoms with Gasteiger partial charge in [0.15, 0.2) is 0 Å². The number of thiophene rings is 1. The number of H-pyrrole nitrogens is 1. The number of likely N-dealkylation sites (tertiary alicyclic amines) is 1. The van der Waals surface area contributed by atoms with Gasteiger partial charge >= 0.3 is 0 Å². The first kappa shape index (κ1) is 20.6. The highest BCUT2D eigenvalue weighted by molar-refractivity contribution is 7.22. The molecule has 1 amide bonds. The molecule has 0 unspecified atom stereocenters. The van der Waals surface area contributed by atoms with Crippen LogP contribution >= 0.6 is 11.3 Å². The molecule has 0 atom stereocenters. The van der Waals surface area contributed by atoms with Crippen LogP contribution in [0.1, 0.15) is 25.6 Å². The highest BCUT2D eigenvalue weighted by Gasteiger charge is 2.24. The van der Waals surface area contributed by atoms with Crippen LogP contribution in [-0.4, -0.2) is 59.0 Å². The van der Waals surface area contributed by atoms with E-state index in [1.54, 1.807) is 14.0 Å². The fraction of sp³-hybridized carbons (Fsp3) is 0.409. The van der Waals surface area contributed by atoms with Gasteiger partial charge in [-0.3, -0.25) is 14.5 Å². The molecule has 2 aromatic heterocycles. The van der Waals surface area contributed by atoms with Crippen LogP contribution in [0.15, 0.2) is 35.1 Å². The lowest BCUT2D eigenvalue weighted by Gasteiger charge is -2.36. The normalized spacial score (nSPS) is 15.4. The Morgan fingerprint density at radius 2 is 2.00 bits per heavy atom. The summed E-state index contributed by atoms with van der Waals surface area (Å²) in [5.41, 5.74) is 1.68. The monoisotopic (exact) mass is 426 g/mol. The standard InChI is InChI=1S/C22H26N4O3S/c1-14(27)25(2)16-8-10-26(11-9-16)13-20-23-18-12-19(30-21(18)22(28)24-20)15-4-6-17(29-3)7-5-15/h4-7,12,16H,8-11,13H2,1-3H3,(H,23,24,28). The van der Waals surface area contributed by atoms with Crippen molar-refractivity contribution in [3.63, 3.8) is 0 Å². The van der Waals surface area contributed by atoms with Gasteiger partial charge in [-0.1, -0.05) is 0 Å². The Balaban J connectivity index is 1.49. The number of aromatic amines is 1. The van der Waals surface area contributed by atoms with Gasteiger partial charge in [0, 0.05) is 38.0 Å². The van der Waals surface area contributed by atoms with Crippen molar-refractivity contribution in [1.82, 2.24) is 19.8 Å². The molecule has 1 N–H and O–H groups in total. The summed E-state index contributed by atoms with van der Waals surface area (Å²) in [6.45, 7) is 3.97. The Labute approximate surface area is 179 Å². The number of hydrogen-bond donors (Lipinski definition) is 1. The maximum absolute atomic E-state index is 12.6. The molecule has 1 aliphatic rings. The smallest absolute Gasteiger partial charge is 0.268 e. The number of amides is 1. The average molecular weight is 427 g/mol. The maximum Gasteiger partial charge on any atom is 0.268 e. The van der Waals surface area contributed by atoms with Gasteiger partial charge < -0.3 is 14.6 Å².